The van der Waals surface area contributed by atoms with E-state index >= 15 is 0 Å². The van der Waals surface area contributed by atoms with Gasteiger partial charge in [0.2, 0.25) is 10.0 Å². The molecule has 0 fully saturated rings. The minimum Gasteiger partial charge on any atom is -0.282 e. The molecule has 0 unspecified atom stereocenters. The quantitative estimate of drug-likeness (QED) is 0.907. The monoisotopic (exact) mass is 333 g/mol. The first-order valence-electron chi connectivity index (χ1n) is 5.86. The average Bonchev–Trinajstić information content (AvgIpc) is 2.21. The maximum absolute atomic E-state index is 12.0. The van der Waals surface area contributed by atoms with E-state index in [1.165, 1.54) is 0 Å². The molecule has 1 rings (SSSR count). The van der Waals surface area contributed by atoms with Crippen LogP contribution in [0.4, 0.5) is 5.69 Å². The lowest BCUT2D eigenvalue weighted by Crippen LogP contribution is -2.21. The number of anilines is 1. The second kappa shape index (κ2) is 5.61. The Morgan fingerprint density at radius 1 is 1.28 bits per heavy atom. The minimum atomic E-state index is -3.29. The maximum Gasteiger partial charge on any atom is 0.232 e. The molecule has 0 bridgehead atoms. The highest BCUT2D eigenvalue weighted by molar-refractivity contribution is 9.10. The topological polar surface area (TPSA) is 46.2 Å². The molecule has 0 heterocycles. The van der Waals surface area contributed by atoms with Crippen LogP contribution in [0.1, 0.15) is 32.8 Å². The number of halogens is 1. The van der Waals surface area contributed by atoms with Crippen molar-refractivity contribution < 1.29 is 8.42 Å². The van der Waals surface area contributed by atoms with Gasteiger partial charge in [-0.25, -0.2) is 8.42 Å². The van der Waals surface area contributed by atoms with Gasteiger partial charge in [0.1, 0.15) is 0 Å². The van der Waals surface area contributed by atoms with Crippen LogP contribution in [0.5, 0.6) is 0 Å². The Kier molecular flexibility index (Phi) is 4.84. The second-order valence-electron chi connectivity index (χ2n) is 5.67. The van der Waals surface area contributed by atoms with E-state index in [0.717, 1.165) is 10.0 Å². The third kappa shape index (κ3) is 4.98. The summed E-state index contributed by atoms with van der Waals surface area (Å²) in [5.74, 6) is 0.136. The number of hydrogen-bond donors (Lipinski definition) is 1. The van der Waals surface area contributed by atoms with Crippen LogP contribution < -0.4 is 4.72 Å². The summed E-state index contributed by atoms with van der Waals surface area (Å²) in [6.45, 7) is 8.03. The highest BCUT2D eigenvalue weighted by Gasteiger charge is 2.18. The third-order valence-corrected chi connectivity index (χ3v) is 4.90. The van der Waals surface area contributed by atoms with Gasteiger partial charge in [0.15, 0.2) is 0 Å². The summed E-state index contributed by atoms with van der Waals surface area (Å²) >= 11 is 3.40. The van der Waals surface area contributed by atoms with Gasteiger partial charge in [0.25, 0.3) is 0 Å². The Bertz CT molecular complexity index is 518. The number of nitrogens with one attached hydrogen (secondary N) is 1. The van der Waals surface area contributed by atoms with Crippen LogP contribution in [0, 0.1) is 12.3 Å². The van der Waals surface area contributed by atoms with Crippen molar-refractivity contribution in [2.24, 2.45) is 5.41 Å². The molecule has 0 aliphatic rings. The lowest BCUT2D eigenvalue weighted by molar-refractivity contribution is 0.397. The number of aryl methyl sites for hydroxylation is 1. The third-order valence-electron chi connectivity index (χ3n) is 2.58. The van der Waals surface area contributed by atoms with E-state index in [1.807, 2.05) is 39.8 Å². The Hall–Kier alpha value is -0.550. The van der Waals surface area contributed by atoms with Gasteiger partial charge >= 0.3 is 0 Å². The summed E-state index contributed by atoms with van der Waals surface area (Å²) in [5, 5.41) is 0. The molecular formula is C13H20BrNO2S. The summed E-state index contributed by atoms with van der Waals surface area (Å²) in [6, 6.07) is 5.52. The number of hydrogen-bond acceptors (Lipinski definition) is 2. The molecule has 1 N–H and O–H groups in total. The summed E-state index contributed by atoms with van der Waals surface area (Å²) < 4.78 is 27.4. The molecule has 0 saturated heterocycles. The van der Waals surface area contributed by atoms with E-state index in [9.17, 15) is 8.42 Å². The fourth-order valence-corrected chi connectivity index (χ4v) is 3.37. The van der Waals surface area contributed by atoms with Crippen molar-refractivity contribution >= 4 is 31.6 Å². The Morgan fingerprint density at radius 3 is 2.44 bits per heavy atom. The predicted molar refractivity (Wildman–Crippen MR) is 80.4 cm³/mol. The van der Waals surface area contributed by atoms with Crippen molar-refractivity contribution in [2.45, 2.75) is 34.1 Å². The molecule has 1 aromatic rings. The first kappa shape index (κ1) is 15.5. The van der Waals surface area contributed by atoms with Gasteiger partial charge < -0.3 is 0 Å². The van der Waals surface area contributed by atoms with Crippen LogP contribution >= 0.6 is 15.9 Å². The van der Waals surface area contributed by atoms with Gasteiger partial charge in [0, 0.05) is 4.47 Å². The van der Waals surface area contributed by atoms with Gasteiger partial charge in [-0.2, -0.15) is 0 Å². The summed E-state index contributed by atoms with van der Waals surface area (Å²) in [6.07, 6.45) is 0.631. The molecule has 18 heavy (non-hydrogen) atoms. The normalized spacial score (nSPS) is 12.5. The van der Waals surface area contributed by atoms with Gasteiger partial charge in [0.05, 0.1) is 11.4 Å². The summed E-state index contributed by atoms with van der Waals surface area (Å²) in [7, 11) is -3.29. The van der Waals surface area contributed by atoms with E-state index in [2.05, 4.69) is 20.7 Å². The molecular weight excluding hydrogens is 314 g/mol. The number of benzene rings is 1. The molecule has 0 radical (unpaired) electrons. The van der Waals surface area contributed by atoms with E-state index in [1.54, 1.807) is 6.07 Å². The fraction of sp³-hybridized carbons (Fsp3) is 0.538. The van der Waals surface area contributed by atoms with Crippen molar-refractivity contribution in [3.05, 3.63) is 28.2 Å². The standard InChI is InChI=1S/C13H20BrNO2S/c1-10-6-5-7-11(12(10)14)15-18(16,17)9-8-13(2,3)4/h5-7,15H,8-9H2,1-4H3. The zero-order valence-electron chi connectivity index (χ0n) is 11.2. The SMILES string of the molecule is Cc1cccc(NS(=O)(=O)CCC(C)(C)C)c1Br. The Morgan fingerprint density at radius 2 is 1.89 bits per heavy atom. The molecule has 0 spiro atoms. The van der Waals surface area contributed by atoms with Gasteiger partial charge in [-0.15, -0.1) is 0 Å². The van der Waals surface area contributed by atoms with Crippen molar-refractivity contribution in [2.75, 3.05) is 10.5 Å². The van der Waals surface area contributed by atoms with Crippen molar-refractivity contribution in [1.82, 2.24) is 0 Å². The first-order valence-corrected chi connectivity index (χ1v) is 8.31. The molecule has 102 valence electrons. The van der Waals surface area contributed by atoms with Crippen LogP contribution in [0.15, 0.2) is 22.7 Å². The van der Waals surface area contributed by atoms with E-state index in [4.69, 9.17) is 0 Å². The molecule has 3 nitrogen and oxygen atoms in total. The summed E-state index contributed by atoms with van der Waals surface area (Å²) in [4.78, 5) is 0. The van der Waals surface area contributed by atoms with Gasteiger partial charge in [-0.05, 0) is 46.3 Å². The lowest BCUT2D eigenvalue weighted by atomic mass is 9.94. The van der Waals surface area contributed by atoms with Crippen LogP contribution in [0.2, 0.25) is 0 Å². The Balaban J connectivity index is 2.80. The fourth-order valence-electron chi connectivity index (χ4n) is 1.39. The first-order chi connectivity index (χ1) is 8.11. The zero-order valence-corrected chi connectivity index (χ0v) is 13.7. The number of rotatable bonds is 4. The smallest absolute Gasteiger partial charge is 0.232 e. The largest absolute Gasteiger partial charge is 0.282 e. The zero-order chi connectivity index (χ0) is 14.0. The van der Waals surface area contributed by atoms with Crippen molar-refractivity contribution in [3.8, 4) is 0 Å². The molecule has 0 amide bonds. The minimum absolute atomic E-state index is 0.0125. The predicted octanol–water partition coefficient (Wildman–Crippen LogP) is 3.94. The van der Waals surface area contributed by atoms with Crippen LogP contribution in [0.25, 0.3) is 0 Å². The van der Waals surface area contributed by atoms with E-state index < -0.39 is 10.0 Å². The van der Waals surface area contributed by atoms with Crippen molar-refractivity contribution in [3.63, 3.8) is 0 Å². The molecule has 0 aromatic heterocycles. The van der Waals surface area contributed by atoms with Gasteiger partial charge in [-0.1, -0.05) is 32.9 Å². The Labute approximate surface area is 118 Å². The highest BCUT2D eigenvalue weighted by Crippen LogP contribution is 2.27. The van der Waals surface area contributed by atoms with Crippen LogP contribution in [-0.4, -0.2) is 14.2 Å². The molecule has 0 saturated carbocycles. The molecule has 5 heteroatoms. The molecule has 0 aliphatic carbocycles. The van der Waals surface area contributed by atoms with Crippen molar-refractivity contribution in [1.29, 1.82) is 0 Å². The van der Waals surface area contributed by atoms with Crippen LogP contribution in [-0.2, 0) is 10.0 Å². The van der Waals surface area contributed by atoms with Gasteiger partial charge in [-0.3, -0.25) is 4.72 Å². The number of sulfonamides is 1. The van der Waals surface area contributed by atoms with E-state index in [-0.39, 0.29) is 11.2 Å². The summed E-state index contributed by atoms with van der Waals surface area (Å²) in [5.41, 5.74) is 1.62. The average molecular weight is 334 g/mol. The van der Waals surface area contributed by atoms with Crippen LogP contribution in [0.3, 0.4) is 0 Å². The molecule has 1 aromatic carbocycles. The highest BCUT2D eigenvalue weighted by atomic mass is 79.9. The maximum atomic E-state index is 12.0. The lowest BCUT2D eigenvalue weighted by Gasteiger charge is -2.18. The molecule has 0 aliphatic heterocycles. The second-order valence-corrected chi connectivity index (χ2v) is 8.30. The molecule has 0 atom stereocenters. The van der Waals surface area contributed by atoms with E-state index in [0.29, 0.717) is 12.1 Å².